The summed E-state index contributed by atoms with van der Waals surface area (Å²) in [6, 6.07) is 20.8. The lowest BCUT2D eigenvalue weighted by atomic mass is 9.93. The molecule has 1 amide bonds. The number of carbonyl (C=O) groups is 1. The lowest BCUT2D eigenvalue weighted by Gasteiger charge is -2.26. The number of halogens is 1. The largest absolute Gasteiger partial charge is 0.507 e. The Labute approximate surface area is 196 Å². The van der Waals surface area contributed by atoms with Crippen LogP contribution in [0.4, 0.5) is 0 Å². The standard InChI is InChI=1S/C26H22ClN3O3/c1-15-12-21(32)19(14-20(15)27)23-22-24(29-28-23)26(33)30(10-11-31)25(22)18-9-5-8-17(13-18)16-6-3-2-4-7-16/h2-9,12-14,25,31-32H,10-11H2,1H3,(H,28,29)/t25-/m0/s1. The van der Waals surface area contributed by atoms with Crippen molar-refractivity contribution in [2.24, 2.45) is 0 Å². The summed E-state index contributed by atoms with van der Waals surface area (Å²) in [6.45, 7) is 1.81. The molecule has 0 saturated carbocycles. The van der Waals surface area contributed by atoms with Crippen LogP contribution in [0.15, 0.2) is 66.7 Å². The number of phenols is 1. The summed E-state index contributed by atoms with van der Waals surface area (Å²) in [5.41, 5.74) is 5.64. The predicted octanol–water partition coefficient (Wildman–Crippen LogP) is 4.95. The van der Waals surface area contributed by atoms with Gasteiger partial charge in [0.2, 0.25) is 0 Å². The molecule has 0 unspecified atom stereocenters. The van der Waals surface area contributed by atoms with Gasteiger partial charge in [0.05, 0.1) is 12.6 Å². The number of H-pyrrole nitrogens is 1. The van der Waals surface area contributed by atoms with E-state index in [9.17, 15) is 15.0 Å². The number of hydrogen-bond acceptors (Lipinski definition) is 4. The van der Waals surface area contributed by atoms with E-state index < -0.39 is 6.04 Å². The van der Waals surface area contributed by atoms with E-state index in [-0.39, 0.29) is 24.8 Å². The van der Waals surface area contributed by atoms with E-state index in [0.29, 0.717) is 27.5 Å². The third-order valence-electron chi connectivity index (χ3n) is 6.05. The number of hydrogen-bond donors (Lipinski definition) is 3. The second-order valence-electron chi connectivity index (χ2n) is 8.10. The van der Waals surface area contributed by atoms with Crippen molar-refractivity contribution in [1.29, 1.82) is 0 Å². The highest BCUT2D eigenvalue weighted by atomic mass is 35.5. The van der Waals surface area contributed by atoms with E-state index in [0.717, 1.165) is 22.3 Å². The second kappa shape index (κ2) is 8.39. The number of aliphatic hydroxyl groups is 1. The number of fused-ring (bicyclic) bond motifs is 1. The molecule has 166 valence electrons. The molecule has 7 heteroatoms. The summed E-state index contributed by atoms with van der Waals surface area (Å²) in [6.07, 6.45) is 0. The van der Waals surface area contributed by atoms with Gasteiger partial charge in [-0.25, -0.2) is 0 Å². The molecule has 0 saturated heterocycles. The maximum atomic E-state index is 13.2. The van der Waals surface area contributed by atoms with Gasteiger partial charge < -0.3 is 15.1 Å². The van der Waals surface area contributed by atoms with Crippen LogP contribution in [0.1, 0.15) is 33.2 Å². The number of aromatic nitrogens is 2. The molecule has 4 aromatic rings. The summed E-state index contributed by atoms with van der Waals surface area (Å²) in [7, 11) is 0. The zero-order valence-electron chi connectivity index (χ0n) is 17.9. The first kappa shape index (κ1) is 21.2. The average molecular weight is 460 g/mol. The molecule has 0 spiro atoms. The SMILES string of the molecule is Cc1cc(O)c(-c2n[nH]c3c2[C@H](c2cccc(-c4ccccc4)c2)N(CCO)C3=O)cc1Cl. The van der Waals surface area contributed by atoms with Gasteiger partial charge in [0, 0.05) is 22.7 Å². The van der Waals surface area contributed by atoms with E-state index in [1.165, 1.54) is 0 Å². The summed E-state index contributed by atoms with van der Waals surface area (Å²) in [5.74, 6) is -0.207. The number of nitrogens with one attached hydrogen (secondary N) is 1. The van der Waals surface area contributed by atoms with Crippen molar-refractivity contribution in [2.45, 2.75) is 13.0 Å². The van der Waals surface area contributed by atoms with Crippen LogP contribution in [0, 0.1) is 6.92 Å². The molecule has 0 fully saturated rings. The van der Waals surface area contributed by atoms with Gasteiger partial charge in [-0.1, -0.05) is 60.1 Å². The normalized spacial score (nSPS) is 15.2. The van der Waals surface area contributed by atoms with Gasteiger partial charge in [0.1, 0.15) is 17.1 Å². The third kappa shape index (κ3) is 3.57. The van der Waals surface area contributed by atoms with Crippen molar-refractivity contribution < 1.29 is 15.0 Å². The van der Waals surface area contributed by atoms with E-state index in [1.807, 2.05) is 61.5 Å². The Morgan fingerprint density at radius 2 is 1.82 bits per heavy atom. The van der Waals surface area contributed by atoms with Gasteiger partial charge in [-0.15, -0.1) is 0 Å². The first-order valence-electron chi connectivity index (χ1n) is 10.6. The molecule has 0 bridgehead atoms. The molecule has 2 heterocycles. The zero-order valence-corrected chi connectivity index (χ0v) is 18.7. The van der Waals surface area contributed by atoms with Crippen molar-refractivity contribution in [3.63, 3.8) is 0 Å². The predicted molar refractivity (Wildman–Crippen MR) is 127 cm³/mol. The minimum Gasteiger partial charge on any atom is -0.507 e. The Balaban J connectivity index is 1.69. The van der Waals surface area contributed by atoms with Crippen LogP contribution < -0.4 is 0 Å². The molecule has 1 aliphatic heterocycles. The number of aliphatic hydroxyl groups excluding tert-OH is 1. The average Bonchev–Trinajstić information content (AvgIpc) is 3.36. The molecule has 5 rings (SSSR count). The number of aromatic amines is 1. The zero-order chi connectivity index (χ0) is 23.1. The summed E-state index contributed by atoms with van der Waals surface area (Å²) in [5, 5.41) is 28.1. The Bertz CT molecular complexity index is 1350. The highest BCUT2D eigenvalue weighted by Crippen LogP contribution is 2.45. The van der Waals surface area contributed by atoms with Gasteiger partial charge in [-0.2, -0.15) is 5.10 Å². The molecule has 0 radical (unpaired) electrons. The monoisotopic (exact) mass is 459 g/mol. The molecule has 1 atom stereocenters. The molecule has 6 nitrogen and oxygen atoms in total. The van der Waals surface area contributed by atoms with Crippen molar-refractivity contribution in [3.8, 4) is 28.1 Å². The van der Waals surface area contributed by atoms with Gasteiger partial charge in [-0.05, 0) is 47.4 Å². The Morgan fingerprint density at radius 3 is 2.58 bits per heavy atom. The number of β-amino-alcohol motifs (C(OH)–C–C–N with tert-alkyl or cyclic N) is 1. The molecule has 1 aliphatic rings. The number of benzene rings is 3. The van der Waals surface area contributed by atoms with Crippen LogP contribution in [-0.2, 0) is 0 Å². The number of phenolic OH excluding ortho intramolecular Hbond substituents is 1. The molecule has 33 heavy (non-hydrogen) atoms. The van der Waals surface area contributed by atoms with Crippen molar-refractivity contribution in [3.05, 3.63) is 94.1 Å². The fourth-order valence-corrected chi connectivity index (χ4v) is 4.63. The maximum Gasteiger partial charge on any atom is 0.273 e. The second-order valence-corrected chi connectivity index (χ2v) is 8.50. The number of amides is 1. The lowest BCUT2D eigenvalue weighted by molar-refractivity contribution is 0.0706. The van der Waals surface area contributed by atoms with Crippen molar-refractivity contribution in [2.75, 3.05) is 13.2 Å². The molecule has 3 aromatic carbocycles. The van der Waals surface area contributed by atoms with E-state index >= 15 is 0 Å². The summed E-state index contributed by atoms with van der Waals surface area (Å²) >= 11 is 6.34. The van der Waals surface area contributed by atoms with Crippen LogP contribution in [0.25, 0.3) is 22.4 Å². The number of nitrogens with zero attached hydrogens (tertiary/aromatic N) is 2. The molecule has 1 aromatic heterocycles. The quantitative estimate of drug-likeness (QED) is 0.394. The molecule has 3 N–H and O–H groups in total. The van der Waals surface area contributed by atoms with E-state index in [2.05, 4.69) is 10.2 Å². The van der Waals surface area contributed by atoms with Crippen LogP contribution in [-0.4, -0.2) is 44.4 Å². The molecular formula is C26H22ClN3O3. The van der Waals surface area contributed by atoms with Crippen LogP contribution in [0.2, 0.25) is 5.02 Å². The fraction of sp³-hybridized carbons (Fsp3) is 0.154. The highest BCUT2D eigenvalue weighted by molar-refractivity contribution is 6.31. The number of rotatable bonds is 5. The highest BCUT2D eigenvalue weighted by Gasteiger charge is 2.42. The number of aromatic hydroxyl groups is 1. The van der Waals surface area contributed by atoms with Crippen molar-refractivity contribution in [1.82, 2.24) is 15.1 Å². The van der Waals surface area contributed by atoms with E-state index in [4.69, 9.17) is 11.6 Å². The Morgan fingerprint density at radius 1 is 1.06 bits per heavy atom. The first-order valence-corrected chi connectivity index (χ1v) is 11.0. The summed E-state index contributed by atoms with van der Waals surface area (Å²) < 4.78 is 0. The topological polar surface area (TPSA) is 89.5 Å². The van der Waals surface area contributed by atoms with Crippen LogP contribution in [0.3, 0.4) is 0 Å². The molecule has 0 aliphatic carbocycles. The van der Waals surface area contributed by atoms with Gasteiger partial charge in [0.25, 0.3) is 5.91 Å². The first-order chi connectivity index (χ1) is 16.0. The minimum absolute atomic E-state index is 0.0380. The smallest absolute Gasteiger partial charge is 0.273 e. The number of carbonyl (C=O) groups excluding carboxylic acids is 1. The Kier molecular flexibility index (Phi) is 5.40. The summed E-state index contributed by atoms with van der Waals surface area (Å²) in [4.78, 5) is 14.9. The fourth-order valence-electron chi connectivity index (χ4n) is 4.46. The maximum absolute atomic E-state index is 13.2. The molecular weight excluding hydrogens is 438 g/mol. The van der Waals surface area contributed by atoms with E-state index in [1.54, 1.807) is 17.0 Å². The van der Waals surface area contributed by atoms with Gasteiger partial charge >= 0.3 is 0 Å². The lowest BCUT2D eigenvalue weighted by Crippen LogP contribution is -2.32. The third-order valence-corrected chi connectivity index (χ3v) is 6.45. The van der Waals surface area contributed by atoms with Crippen LogP contribution in [0.5, 0.6) is 5.75 Å². The Hall–Kier alpha value is -3.61. The van der Waals surface area contributed by atoms with Crippen molar-refractivity contribution >= 4 is 17.5 Å². The number of aryl methyl sites for hydroxylation is 1. The van der Waals surface area contributed by atoms with Crippen LogP contribution >= 0.6 is 11.6 Å². The van der Waals surface area contributed by atoms with Gasteiger partial charge in [-0.3, -0.25) is 9.89 Å². The minimum atomic E-state index is -0.475. The van der Waals surface area contributed by atoms with Gasteiger partial charge in [0.15, 0.2) is 0 Å².